The maximum atomic E-state index is 12.6. The molecule has 174 valence electrons. The van der Waals surface area contributed by atoms with E-state index in [-0.39, 0.29) is 30.8 Å². The number of alkyl carbamates (subject to hydrolysis) is 1. The average molecular weight is 451 g/mol. The van der Waals surface area contributed by atoms with Crippen LogP contribution in [0.5, 0.6) is 0 Å². The van der Waals surface area contributed by atoms with Crippen LogP contribution in [-0.4, -0.2) is 53.7 Å². The van der Waals surface area contributed by atoms with Gasteiger partial charge in [0.2, 0.25) is 5.91 Å². The van der Waals surface area contributed by atoms with Gasteiger partial charge in [-0.3, -0.25) is 4.79 Å². The molecule has 2 atom stereocenters. The molecule has 0 bridgehead atoms. The van der Waals surface area contributed by atoms with Crippen LogP contribution < -0.4 is 5.32 Å². The van der Waals surface area contributed by atoms with Crippen LogP contribution in [0.15, 0.2) is 48.5 Å². The van der Waals surface area contributed by atoms with Crippen LogP contribution in [0.4, 0.5) is 4.79 Å². The van der Waals surface area contributed by atoms with E-state index in [0.717, 1.165) is 11.1 Å². The minimum atomic E-state index is -0.953. The number of hydrogen-bond acceptors (Lipinski definition) is 4. The fraction of sp³-hybridized carbons (Fsp3) is 0.423. The number of amides is 2. The third-order valence-electron chi connectivity index (χ3n) is 6.78. The second-order valence-electron chi connectivity index (χ2n) is 8.77. The molecule has 1 aliphatic heterocycles. The van der Waals surface area contributed by atoms with E-state index in [1.165, 1.54) is 16.0 Å². The third kappa shape index (κ3) is 4.87. The maximum Gasteiger partial charge on any atom is 0.407 e. The number of carbonyl (C=O) groups excluding carboxylic acids is 2. The highest BCUT2D eigenvalue weighted by Gasteiger charge is 2.34. The standard InChI is InChI=1S/C26H30N2O5/c1-2-17(14-24(29)28-13-7-12-23(28)25(30)31)15-27-26(32)33-16-22-20-10-5-3-8-18(20)19-9-4-6-11-21(19)22/h3-6,8-11,17,22-23H,2,7,12-16H2,1H3,(H,27,32)(H,30,31). The molecule has 1 aliphatic carbocycles. The number of nitrogens with zero attached hydrogens (tertiary/aromatic N) is 1. The Kier molecular flexibility index (Phi) is 6.96. The van der Waals surface area contributed by atoms with E-state index in [9.17, 15) is 19.5 Å². The Balaban J connectivity index is 1.29. The summed E-state index contributed by atoms with van der Waals surface area (Å²) in [5.41, 5.74) is 4.66. The number of carbonyl (C=O) groups is 3. The van der Waals surface area contributed by atoms with Gasteiger partial charge in [0.15, 0.2) is 0 Å². The Bertz CT molecular complexity index is 991. The van der Waals surface area contributed by atoms with Crippen molar-refractivity contribution in [2.45, 2.75) is 44.6 Å². The van der Waals surface area contributed by atoms with Gasteiger partial charge < -0.3 is 20.1 Å². The topological polar surface area (TPSA) is 95.9 Å². The number of aliphatic carboxylic acids is 1. The minimum Gasteiger partial charge on any atom is -0.480 e. The van der Waals surface area contributed by atoms with Crippen molar-refractivity contribution in [3.05, 3.63) is 59.7 Å². The predicted octanol–water partition coefficient (Wildman–Crippen LogP) is 4.02. The molecule has 2 aromatic carbocycles. The Hall–Kier alpha value is -3.35. The van der Waals surface area contributed by atoms with Gasteiger partial charge >= 0.3 is 12.1 Å². The van der Waals surface area contributed by atoms with E-state index in [0.29, 0.717) is 32.4 Å². The normalized spacial score (nSPS) is 17.8. The Morgan fingerprint density at radius 1 is 1.09 bits per heavy atom. The van der Waals surface area contributed by atoms with Crippen LogP contribution in [0.2, 0.25) is 0 Å². The molecule has 33 heavy (non-hydrogen) atoms. The molecule has 7 nitrogen and oxygen atoms in total. The first-order valence-electron chi connectivity index (χ1n) is 11.6. The van der Waals surface area contributed by atoms with Crippen LogP contribution in [0.3, 0.4) is 0 Å². The van der Waals surface area contributed by atoms with Gasteiger partial charge in [-0.1, -0.05) is 61.9 Å². The lowest BCUT2D eigenvalue weighted by Crippen LogP contribution is -2.42. The number of ether oxygens (including phenoxy) is 1. The van der Waals surface area contributed by atoms with E-state index in [4.69, 9.17) is 4.74 Å². The van der Waals surface area contributed by atoms with E-state index in [2.05, 4.69) is 29.6 Å². The predicted molar refractivity (Wildman–Crippen MR) is 124 cm³/mol. The average Bonchev–Trinajstić information content (AvgIpc) is 3.44. The van der Waals surface area contributed by atoms with Crippen LogP contribution in [0, 0.1) is 5.92 Å². The Labute approximate surface area is 193 Å². The van der Waals surface area contributed by atoms with Crippen LogP contribution in [0.25, 0.3) is 11.1 Å². The number of carboxylic acids is 1. The van der Waals surface area contributed by atoms with Gasteiger partial charge in [0.1, 0.15) is 12.6 Å². The first-order valence-corrected chi connectivity index (χ1v) is 11.6. The molecule has 2 N–H and O–H groups in total. The monoisotopic (exact) mass is 450 g/mol. The molecule has 0 spiro atoms. The van der Waals surface area contributed by atoms with E-state index >= 15 is 0 Å². The summed E-state index contributed by atoms with van der Waals surface area (Å²) in [6.07, 6.45) is 1.60. The number of rotatable bonds is 8. The first-order chi connectivity index (χ1) is 16.0. The highest BCUT2D eigenvalue weighted by atomic mass is 16.5. The SMILES string of the molecule is CCC(CNC(=O)OCC1c2ccccc2-c2ccccc21)CC(=O)N1CCCC1C(=O)O. The maximum absolute atomic E-state index is 12.6. The van der Waals surface area contributed by atoms with Crippen molar-refractivity contribution in [2.75, 3.05) is 19.7 Å². The molecule has 4 rings (SSSR count). The van der Waals surface area contributed by atoms with Gasteiger partial charge in [-0.15, -0.1) is 0 Å². The van der Waals surface area contributed by atoms with Crippen molar-refractivity contribution < 1.29 is 24.2 Å². The fourth-order valence-corrected chi connectivity index (χ4v) is 4.92. The van der Waals surface area contributed by atoms with Gasteiger partial charge in [0, 0.05) is 25.4 Å². The van der Waals surface area contributed by atoms with Gasteiger partial charge in [0.25, 0.3) is 0 Å². The van der Waals surface area contributed by atoms with Crippen LogP contribution in [-0.2, 0) is 14.3 Å². The summed E-state index contributed by atoms with van der Waals surface area (Å²) in [5.74, 6) is -1.20. The quantitative estimate of drug-likeness (QED) is 0.633. The number of nitrogens with one attached hydrogen (secondary N) is 1. The molecular formula is C26H30N2O5. The van der Waals surface area contributed by atoms with Crippen molar-refractivity contribution in [1.82, 2.24) is 10.2 Å². The van der Waals surface area contributed by atoms with E-state index < -0.39 is 18.1 Å². The first kappa shape index (κ1) is 22.8. The summed E-state index contributed by atoms with van der Waals surface area (Å²) in [5, 5.41) is 12.1. The van der Waals surface area contributed by atoms with E-state index in [1.54, 1.807) is 0 Å². The third-order valence-corrected chi connectivity index (χ3v) is 6.78. The molecule has 1 heterocycles. The molecule has 1 fully saturated rings. The molecular weight excluding hydrogens is 420 g/mol. The van der Waals surface area contributed by atoms with Gasteiger partial charge in [-0.25, -0.2) is 9.59 Å². The number of carboxylic acid groups (broad SMARTS) is 1. The smallest absolute Gasteiger partial charge is 0.407 e. The second kappa shape index (κ2) is 10.1. The summed E-state index contributed by atoms with van der Waals surface area (Å²) in [6, 6.07) is 15.6. The summed E-state index contributed by atoms with van der Waals surface area (Å²) < 4.78 is 5.56. The molecule has 7 heteroatoms. The second-order valence-corrected chi connectivity index (χ2v) is 8.77. The highest BCUT2D eigenvalue weighted by molar-refractivity contribution is 5.84. The summed E-state index contributed by atoms with van der Waals surface area (Å²) >= 11 is 0. The summed E-state index contributed by atoms with van der Waals surface area (Å²) in [7, 11) is 0. The van der Waals surface area contributed by atoms with Crippen molar-refractivity contribution in [3.8, 4) is 11.1 Å². The van der Waals surface area contributed by atoms with Crippen molar-refractivity contribution in [2.24, 2.45) is 5.92 Å². The molecule has 0 aromatic heterocycles. The number of hydrogen-bond donors (Lipinski definition) is 2. The lowest BCUT2D eigenvalue weighted by Gasteiger charge is -2.24. The summed E-state index contributed by atoms with van der Waals surface area (Å²) in [4.78, 5) is 37.9. The molecule has 2 aliphatic rings. The minimum absolute atomic E-state index is 0.00480. The molecule has 0 radical (unpaired) electrons. The molecule has 2 aromatic rings. The summed E-state index contributed by atoms with van der Waals surface area (Å²) in [6.45, 7) is 2.98. The fourth-order valence-electron chi connectivity index (χ4n) is 4.92. The number of likely N-dealkylation sites (tertiary alicyclic amines) is 1. The lowest BCUT2D eigenvalue weighted by molar-refractivity contribution is -0.148. The van der Waals surface area contributed by atoms with Crippen LogP contribution in [0.1, 0.15) is 49.7 Å². The van der Waals surface area contributed by atoms with Gasteiger partial charge in [-0.05, 0) is 41.0 Å². The van der Waals surface area contributed by atoms with Crippen molar-refractivity contribution >= 4 is 18.0 Å². The lowest BCUT2D eigenvalue weighted by atomic mass is 9.98. The van der Waals surface area contributed by atoms with Gasteiger partial charge in [0.05, 0.1) is 0 Å². The zero-order valence-corrected chi connectivity index (χ0v) is 18.8. The molecule has 1 saturated heterocycles. The number of fused-ring (bicyclic) bond motifs is 3. The van der Waals surface area contributed by atoms with Crippen molar-refractivity contribution in [1.29, 1.82) is 0 Å². The zero-order valence-electron chi connectivity index (χ0n) is 18.8. The molecule has 2 amide bonds. The molecule has 2 unspecified atom stereocenters. The molecule has 0 saturated carbocycles. The zero-order chi connectivity index (χ0) is 23.4. The largest absolute Gasteiger partial charge is 0.480 e. The van der Waals surface area contributed by atoms with Crippen molar-refractivity contribution in [3.63, 3.8) is 0 Å². The Morgan fingerprint density at radius 2 is 1.73 bits per heavy atom. The van der Waals surface area contributed by atoms with E-state index in [1.807, 2.05) is 31.2 Å². The van der Waals surface area contributed by atoms with Gasteiger partial charge in [-0.2, -0.15) is 0 Å². The van der Waals surface area contributed by atoms with Crippen LogP contribution >= 0.6 is 0 Å². The Morgan fingerprint density at radius 3 is 2.33 bits per heavy atom. The highest BCUT2D eigenvalue weighted by Crippen LogP contribution is 2.44. The number of benzene rings is 2.